The lowest BCUT2D eigenvalue weighted by Crippen LogP contribution is -2.06. The molecule has 6 nitrogen and oxygen atoms in total. The molecule has 0 amide bonds. The molecule has 2 rings (SSSR count). The van der Waals surface area contributed by atoms with Crippen molar-refractivity contribution < 1.29 is 14.9 Å². The van der Waals surface area contributed by atoms with Crippen LogP contribution in [0.4, 0.5) is 0 Å². The quantitative estimate of drug-likeness (QED) is 0.579. The van der Waals surface area contributed by atoms with Gasteiger partial charge < -0.3 is 14.9 Å². The largest absolute Gasteiger partial charge is 0.504 e. The number of nitrogens with zero attached hydrogens (tertiary/aromatic N) is 2. The maximum absolute atomic E-state index is 9.49. The van der Waals surface area contributed by atoms with Crippen LogP contribution in [0.25, 0.3) is 11.4 Å². The van der Waals surface area contributed by atoms with Crippen LogP contribution in [0, 0.1) is 4.77 Å². The predicted octanol–water partition coefficient (Wildman–Crippen LogP) is 1.67. The number of hydrogen-bond donors (Lipinski definition) is 3. The van der Waals surface area contributed by atoms with Crippen LogP contribution in [-0.2, 0) is 11.3 Å². The van der Waals surface area contributed by atoms with Gasteiger partial charge in [-0.05, 0) is 30.4 Å². The van der Waals surface area contributed by atoms with E-state index >= 15 is 0 Å². The molecule has 7 heteroatoms. The Morgan fingerprint density at radius 1 is 1.39 bits per heavy atom. The van der Waals surface area contributed by atoms with Gasteiger partial charge in [-0.1, -0.05) is 0 Å². The van der Waals surface area contributed by atoms with Crippen LogP contribution in [0.3, 0.4) is 0 Å². The van der Waals surface area contributed by atoms with E-state index < -0.39 is 0 Å². The highest BCUT2D eigenvalue weighted by molar-refractivity contribution is 7.71. The first-order valence-electron chi connectivity index (χ1n) is 5.30. The fraction of sp³-hybridized carbons (Fsp3) is 0.273. The zero-order chi connectivity index (χ0) is 13.1. The number of H-pyrrole nitrogens is 1. The third kappa shape index (κ3) is 2.36. The fourth-order valence-electron chi connectivity index (χ4n) is 1.59. The minimum atomic E-state index is -0.195. The van der Waals surface area contributed by atoms with Gasteiger partial charge in [0.05, 0.1) is 13.2 Å². The number of phenolic OH excluding ortho intramolecular Hbond substituents is 2. The average Bonchev–Trinajstić information content (AvgIpc) is 2.72. The lowest BCUT2D eigenvalue weighted by Gasteiger charge is -2.06. The Morgan fingerprint density at radius 3 is 2.83 bits per heavy atom. The number of nitrogens with one attached hydrogen (secondary N) is 1. The van der Waals surface area contributed by atoms with E-state index in [2.05, 4.69) is 10.2 Å². The summed E-state index contributed by atoms with van der Waals surface area (Å²) in [6.07, 6.45) is 0. The Bertz CT molecular complexity index is 606. The van der Waals surface area contributed by atoms with Crippen molar-refractivity contribution in [2.45, 2.75) is 6.54 Å². The average molecular weight is 267 g/mol. The molecule has 0 atom stereocenters. The number of rotatable bonds is 4. The van der Waals surface area contributed by atoms with Crippen molar-refractivity contribution >= 4 is 12.2 Å². The van der Waals surface area contributed by atoms with Crippen molar-refractivity contribution in [1.29, 1.82) is 0 Å². The van der Waals surface area contributed by atoms with E-state index in [9.17, 15) is 10.2 Å². The smallest absolute Gasteiger partial charge is 0.195 e. The van der Waals surface area contributed by atoms with E-state index in [0.29, 0.717) is 29.3 Å². The molecular weight excluding hydrogens is 254 g/mol. The molecule has 96 valence electrons. The summed E-state index contributed by atoms with van der Waals surface area (Å²) in [6.45, 7) is 1.06. The molecule has 18 heavy (non-hydrogen) atoms. The van der Waals surface area contributed by atoms with Gasteiger partial charge in [0.25, 0.3) is 0 Å². The van der Waals surface area contributed by atoms with Crippen molar-refractivity contribution in [3.63, 3.8) is 0 Å². The Kier molecular flexibility index (Phi) is 3.63. The second kappa shape index (κ2) is 5.19. The molecule has 0 aliphatic carbocycles. The van der Waals surface area contributed by atoms with Gasteiger partial charge in [0.2, 0.25) is 0 Å². The summed E-state index contributed by atoms with van der Waals surface area (Å²) in [7, 11) is 1.61. The first-order valence-corrected chi connectivity index (χ1v) is 5.71. The number of methoxy groups -OCH3 is 1. The van der Waals surface area contributed by atoms with Gasteiger partial charge in [0, 0.05) is 12.7 Å². The molecule has 0 bridgehead atoms. The third-order valence-corrected chi connectivity index (χ3v) is 2.82. The number of aromatic nitrogens is 3. The van der Waals surface area contributed by atoms with E-state index in [1.54, 1.807) is 17.7 Å². The lowest BCUT2D eigenvalue weighted by molar-refractivity contribution is 0.187. The summed E-state index contributed by atoms with van der Waals surface area (Å²) in [6, 6.07) is 4.50. The third-order valence-electron chi connectivity index (χ3n) is 2.51. The number of aromatic amines is 1. The zero-order valence-electron chi connectivity index (χ0n) is 9.75. The predicted molar refractivity (Wildman–Crippen MR) is 68.1 cm³/mol. The Hall–Kier alpha value is -1.86. The van der Waals surface area contributed by atoms with Crippen LogP contribution in [0.5, 0.6) is 11.5 Å². The number of aromatic hydroxyl groups is 2. The highest BCUT2D eigenvalue weighted by Gasteiger charge is 2.10. The van der Waals surface area contributed by atoms with E-state index in [1.165, 1.54) is 12.1 Å². The molecular formula is C11H13N3O3S. The maximum Gasteiger partial charge on any atom is 0.195 e. The summed E-state index contributed by atoms with van der Waals surface area (Å²) in [5, 5.41) is 25.6. The molecule has 1 aromatic heterocycles. The van der Waals surface area contributed by atoms with Gasteiger partial charge in [-0.25, -0.2) is 0 Å². The summed E-state index contributed by atoms with van der Waals surface area (Å²) < 4.78 is 7.26. The number of hydrogen-bond acceptors (Lipinski definition) is 5. The van der Waals surface area contributed by atoms with Crippen molar-refractivity contribution in [2.24, 2.45) is 0 Å². The van der Waals surface area contributed by atoms with Gasteiger partial charge in [-0.3, -0.25) is 9.67 Å². The normalized spacial score (nSPS) is 10.7. The Morgan fingerprint density at radius 2 is 2.17 bits per heavy atom. The van der Waals surface area contributed by atoms with Crippen LogP contribution in [0.1, 0.15) is 0 Å². The maximum atomic E-state index is 9.49. The molecule has 3 N–H and O–H groups in total. The minimum Gasteiger partial charge on any atom is -0.504 e. The SMILES string of the molecule is COCCn1c(-c2ccc(O)c(O)c2)n[nH]c1=S. The standard InChI is InChI=1S/C11H13N3O3S/c1-17-5-4-14-10(12-13-11(14)18)7-2-3-8(15)9(16)6-7/h2-3,6,15-16H,4-5H2,1H3,(H,13,18). The summed E-state index contributed by atoms with van der Waals surface area (Å²) in [5.74, 6) is 0.225. The van der Waals surface area contributed by atoms with E-state index in [0.717, 1.165) is 0 Å². The molecule has 0 fully saturated rings. The summed E-state index contributed by atoms with van der Waals surface area (Å²) in [5.41, 5.74) is 0.661. The van der Waals surface area contributed by atoms with E-state index in [4.69, 9.17) is 17.0 Å². The molecule has 0 spiro atoms. The van der Waals surface area contributed by atoms with Gasteiger partial charge >= 0.3 is 0 Å². The van der Waals surface area contributed by atoms with Crippen molar-refractivity contribution in [3.8, 4) is 22.9 Å². The Labute approximate surface area is 108 Å². The van der Waals surface area contributed by atoms with Crippen LogP contribution in [0.15, 0.2) is 18.2 Å². The van der Waals surface area contributed by atoms with Crippen molar-refractivity contribution in [1.82, 2.24) is 14.8 Å². The molecule has 0 aliphatic heterocycles. The second-order valence-electron chi connectivity index (χ2n) is 3.70. The number of phenols is 2. The van der Waals surface area contributed by atoms with Gasteiger partial charge in [-0.2, -0.15) is 5.10 Å². The Balaban J connectivity index is 2.43. The number of benzene rings is 1. The van der Waals surface area contributed by atoms with E-state index in [1.807, 2.05) is 0 Å². The van der Waals surface area contributed by atoms with Crippen molar-refractivity contribution in [3.05, 3.63) is 23.0 Å². The van der Waals surface area contributed by atoms with Crippen LogP contribution < -0.4 is 0 Å². The van der Waals surface area contributed by atoms with Gasteiger partial charge in [-0.15, -0.1) is 0 Å². The summed E-state index contributed by atoms with van der Waals surface area (Å²) in [4.78, 5) is 0. The minimum absolute atomic E-state index is 0.170. The van der Waals surface area contributed by atoms with E-state index in [-0.39, 0.29) is 11.5 Å². The van der Waals surface area contributed by atoms with Crippen molar-refractivity contribution in [2.75, 3.05) is 13.7 Å². The highest BCUT2D eigenvalue weighted by Crippen LogP contribution is 2.29. The molecule has 2 aromatic rings. The molecule has 1 heterocycles. The lowest BCUT2D eigenvalue weighted by atomic mass is 10.2. The monoisotopic (exact) mass is 267 g/mol. The molecule has 0 saturated heterocycles. The molecule has 1 aromatic carbocycles. The van der Waals surface area contributed by atoms with Crippen LogP contribution >= 0.6 is 12.2 Å². The number of ether oxygens (including phenoxy) is 1. The molecule has 0 aliphatic rings. The van der Waals surface area contributed by atoms with Gasteiger partial charge in [0.1, 0.15) is 0 Å². The summed E-state index contributed by atoms with van der Waals surface area (Å²) >= 11 is 5.12. The zero-order valence-corrected chi connectivity index (χ0v) is 10.6. The van der Waals surface area contributed by atoms with Crippen LogP contribution in [-0.4, -0.2) is 38.7 Å². The first-order chi connectivity index (χ1) is 8.63. The highest BCUT2D eigenvalue weighted by atomic mass is 32.1. The molecule has 0 radical (unpaired) electrons. The topological polar surface area (TPSA) is 83.3 Å². The van der Waals surface area contributed by atoms with Gasteiger partial charge in [0.15, 0.2) is 22.1 Å². The fourth-order valence-corrected chi connectivity index (χ4v) is 1.81. The second-order valence-corrected chi connectivity index (χ2v) is 4.09. The van der Waals surface area contributed by atoms with Crippen LogP contribution in [0.2, 0.25) is 0 Å². The molecule has 0 saturated carbocycles. The molecule has 0 unspecified atom stereocenters. The first kappa shape index (κ1) is 12.6.